The zero-order valence-electron chi connectivity index (χ0n) is 21.9. The summed E-state index contributed by atoms with van der Waals surface area (Å²) in [6.45, 7) is 5.22. The quantitative estimate of drug-likeness (QED) is 0.530. The van der Waals surface area contributed by atoms with Gasteiger partial charge in [-0.3, -0.25) is 9.59 Å². The number of carbonyl (C=O) groups is 3. The number of rotatable bonds is 2. The normalized spacial score (nSPS) is 69.1. The fourth-order valence-electron chi connectivity index (χ4n) is 16.3. The summed E-state index contributed by atoms with van der Waals surface area (Å²) in [5, 5.41) is 0.827. The molecule has 0 N–H and O–H groups in total. The van der Waals surface area contributed by atoms with Gasteiger partial charge >= 0.3 is 5.97 Å². The molecule has 196 valence electrons. The van der Waals surface area contributed by atoms with E-state index in [4.69, 9.17) is 4.84 Å². The van der Waals surface area contributed by atoms with Crippen LogP contribution in [0.15, 0.2) is 0 Å². The standard InChI is InChI=1S/C32H39NO4/c1-9-13-8-14-10(2)19-24(14)29-23(13)18(9)21-12-4-3-11-7-15(32(36)37-33-16(34)5-6-17(33)35)25-26(19)30-27(25)20(11)22(12)28(21)31(29)30/h9-15,18-31H,3-8H2,1-2H3. The molecule has 10 aliphatic carbocycles. The van der Waals surface area contributed by atoms with Crippen molar-refractivity contribution in [1.29, 1.82) is 0 Å². The van der Waals surface area contributed by atoms with E-state index in [1.54, 1.807) is 0 Å². The van der Waals surface area contributed by atoms with E-state index in [1.807, 2.05) is 0 Å². The monoisotopic (exact) mass is 501 g/mol. The maximum absolute atomic E-state index is 13.8. The fraction of sp³-hybridized carbons (Fsp3) is 0.906. The molecule has 21 unspecified atom stereocenters. The highest BCUT2D eigenvalue weighted by atomic mass is 16.7. The first-order chi connectivity index (χ1) is 18.0. The largest absolute Gasteiger partial charge is 0.336 e. The number of nitrogens with zero attached hydrogens (tertiary/aromatic N) is 1. The summed E-state index contributed by atoms with van der Waals surface area (Å²) in [5.74, 6) is 16.9. The van der Waals surface area contributed by atoms with Crippen LogP contribution in [0.3, 0.4) is 0 Å². The average molecular weight is 502 g/mol. The smallest absolute Gasteiger partial charge is 0.330 e. The van der Waals surface area contributed by atoms with Crippen LogP contribution in [0.25, 0.3) is 0 Å². The Morgan fingerprint density at radius 2 is 1.14 bits per heavy atom. The molecule has 11 fully saturated rings. The number of hydrogen-bond acceptors (Lipinski definition) is 4. The van der Waals surface area contributed by atoms with Gasteiger partial charge in [-0.2, -0.15) is 0 Å². The van der Waals surface area contributed by atoms with Gasteiger partial charge in [0, 0.05) is 12.8 Å². The Kier molecular flexibility index (Phi) is 3.33. The highest BCUT2D eigenvalue weighted by Gasteiger charge is 2.85. The molecule has 0 radical (unpaired) electrons. The molecule has 0 spiro atoms. The van der Waals surface area contributed by atoms with Crippen LogP contribution in [0.4, 0.5) is 0 Å². The third-order valence-corrected chi connectivity index (χ3v) is 16.6. The Morgan fingerprint density at radius 1 is 0.622 bits per heavy atom. The van der Waals surface area contributed by atoms with E-state index in [9.17, 15) is 14.4 Å². The minimum atomic E-state index is -0.334. The summed E-state index contributed by atoms with van der Waals surface area (Å²) < 4.78 is 0. The Balaban J connectivity index is 1.03. The predicted octanol–water partition coefficient (Wildman–Crippen LogP) is 4.27. The lowest BCUT2D eigenvalue weighted by Gasteiger charge is -2.89. The van der Waals surface area contributed by atoms with Crippen LogP contribution in [-0.2, 0) is 19.2 Å². The summed E-state index contributed by atoms with van der Waals surface area (Å²) in [6.07, 6.45) is 5.51. The summed E-state index contributed by atoms with van der Waals surface area (Å²) >= 11 is 0. The lowest BCUT2D eigenvalue weighted by Crippen LogP contribution is -2.86. The number of hydroxylamine groups is 2. The van der Waals surface area contributed by atoms with Crippen molar-refractivity contribution in [2.24, 2.45) is 124 Å². The second-order valence-corrected chi connectivity index (χ2v) is 16.2. The van der Waals surface area contributed by atoms with E-state index in [2.05, 4.69) is 13.8 Å². The number of carbonyl (C=O) groups excluding carboxylic acids is 3. The van der Waals surface area contributed by atoms with E-state index in [-0.39, 0.29) is 36.5 Å². The lowest BCUT2D eigenvalue weighted by molar-refractivity contribution is -0.422. The molecule has 0 bridgehead atoms. The topological polar surface area (TPSA) is 63.7 Å². The summed E-state index contributed by atoms with van der Waals surface area (Å²) in [6, 6.07) is 0. The van der Waals surface area contributed by atoms with E-state index in [1.165, 1.54) is 19.3 Å². The lowest BCUT2D eigenvalue weighted by atomic mass is 9.15. The zero-order chi connectivity index (χ0) is 24.4. The molecule has 2 amide bonds. The van der Waals surface area contributed by atoms with Gasteiger partial charge in [-0.25, -0.2) is 4.79 Å². The second kappa shape index (κ2) is 6.02. The molecular formula is C32H39NO4. The molecule has 5 heteroatoms. The first kappa shape index (κ1) is 20.5. The summed E-state index contributed by atoms with van der Waals surface area (Å²) in [7, 11) is 0. The van der Waals surface area contributed by atoms with Crippen molar-refractivity contribution in [2.75, 3.05) is 0 Å². The number of hydrogen-bond donors (Lipinski definition) is 0. The Bertz CT molecular complexity index is 1170. The molecule has 0 aromatic heterocycles. The highest BCUT2D eigenvalue weighted by Crippen LogP contribution is 2.89. The Labute approximate surface area is 218 Å². The number of fused-ring (bicyclic) bond motifs is 4. The number of imide groups is 1. The molecule has 11 rings (SSSR count). The van der Waals surface area contributed by atoms with Crippen molar-refractivity contribution >= 4 is 17.8 Å². The molecule has 21 atom stereocenters. The first-order valence-electron chi connectivity index (χ1n) is 16.0. The van der Waals surface area contributed by atoms with Crippen LogP contribution < -0.4 is 0 Å². The van der Waals surface area contributed by atoms with Gasteiger partial charge in [-0.05, 0) is 144 Å². The van der Waals surface area contributed by atoms with Crippen LogP contribution in [0.5, 0.6) is 0 Å². The predicted molar refractivity (Wildman–Crippen MR) is 130 cm³/mol. The van der Waals surface area contributed by atoms with Crippen LogP contribution in [0.1, 0.15) is 52.4 Å². The Hall–Kier alpha value is -1.39. The second-order valence-electron chi connectivity index (χ2n) is 16.2. The molecule has 0 aromatic rings. The van der Waals surface area contributed by atoms with Gasteiger partial charge < -0.3 is 4.84 Å². The van der Waals surface area contributed by atoms with Crippen LogP contribution in [0, 0.1) is 124 Å². The van der Waals surface area contributed by atoms with Crippen molar-refractivity contribution in [3.63, 3.8) is 0 Å². The van der Waals surface area contributed by atoms with Crippen molar-refractivity contribution < 1.29 is 19.2 Å². The summed E-state index contributed by atoms with van der Waals surface area (Å²) in [4.78, 5) is 44.1. The molecule has 37 heavy (non-hydrogen) atoms. The molecule has 11 aliphatic rings. The SMILES string of the molecule is CC1C2CC3C(C)C4C3C3C2C1C1C2CCC5CC(C(=O)ON6C(=O)CCC6=O)C6C7C5C2C1C3C7C64. The fourth-order valence-corrected chi connectivity index (χ4v) is 16.3. The van der Waals surface area contributed by atoms with Gasteiger partial charge in [0.1, 0.15) is 0 Å². The van der Waals surface area contributed by atoms with Crippen LogP contribution in [0.2, 0.25) is 0 Å². The van der Waals surface area contributed by atoms with Crippen molar-refractivity contribution in [1.82, 2.24) is 5.06 Å². The average Bonchev–Trinajstić information content (AvgIpc) is 3.19. The van der Waals surface area contributed by atoms with Gasteiger partial charge in [0.25, 0.3) is 11.8 Å². The maximum atomic E-state index is 13.8. The van der Waals surface area contributed by atoms with Crippen molar-refractivity contribution in [3.8, 4) is 0 Å². The van der Waals surface area contributed by atoms with Crippen molar-refractivity contribution in [2.45, 2.75) is 52.4 Å². The Morgan fingerprint density at radius 3 is 1.81 bits per heavy atom. The molecule has 10 saturated carbocycles. The summed E-state index contributed by atoms with van der Waals surface area (Å²) in [5.41, 5.74) is 0. The van der Waals surface area contributed by atoms with E-state index in [0.717, 1.165) is 112 Å². The third kappa shape index (κ3) is 1.86. The van der Waals surface area contributed by atoms with Crippen LogP contribution in [-0.4, -0.2) is 22.8 Å². The molecule has 1 heterocycles. The van der Waals surface area contributed by atoms with E-state index >= 15 is 0 Å². The van der Waals surface area contributed by atoms with Gasteiger partial charge in [-0.15, -0.1) is 5.06 Å². The van der Waals surface area contributed by atoms with Gasteiger partial charge in [0.2, 0.25) is 0 Å². The minimum absolute atomic E-state index is 0.100. The molecule has 1 saturated heterocycles. The van der Waals surface area contributed by atoms with Gasteiger partial charge in [0.15, 0.2) is 0 Å². The highest BCUT2D eigenvalue weighted by molar-refractivity contribution is 6.01. The van der Waals surface area contributed by atoms with Gasteiger partial charge in [-0.1, -0.05) is 13.8 Å². The first-order valence-corrected chi connectivity index (χ1v) is 16.0. The van der Waals surface area contributed by atoms with Crippen LogP contribution >= 0.6 is 0 Å². The molecule has 5 nitrogen and oxygen atoms in total. The molecular weight excluding hydrogens is 462 g/mol. The van der Waals surface area contributed by atoms with E-state index < -0.39 is 0 Å². The van der Waals surface area contributed by atoms with Gasteiger partial charge in [0.05, 0.1) is 5.92 Å². The molecule has 1 aliphatic heterocycles. The number of amides is 2. The van der Waals surface area contributed by atoms with Crippen molar-refractivity contribution in [3.05, 3.63) is 0 Å². The maximum Gasteiger partial charge on any atom is 0.336 e. The third-order valence-electron chi connectivity index (χ3n) is 16.6. The zero-order valence-corrected chi connectivity index (χ0v) is 21.9. The van der Waals surface area contributed by atoms with E-state index in [0.29, 0.717) is 17.8 Å². The minimum Gasteiger partial charge on any atom is -0.330 e. The molecule has 0 aromatic carbocycles.